The number of rotatable bonds is 7. The Hall–Kier alpha value is -4.28. The largest absolute Gasteiger partial charge is 0.322 e. The Labute approximate surface area is 207 Å². The van der Waals surface area contributed by atoms with Crippen molar-refractivity contribution in [3.05, 3.63) is 120 Å². The zero-order chi connectivity index (χ0) is 25.8. The van der Waals surface area contributed by atoms with Gasteiger partial charge in [-0.15, -0.1) is 0 Å². The molecule has 0 aliphatic rings. The van der Waals surface area contributed by atoms with Crippen LogP contribution < -0.4 is 10.6 Å². The van der Waals surface area contributed by atoms with Gasteiger partial charge in [0.1, 0.15) is 0 Å². The zero-order valence-electron chi connectivity index (χ0n) is 18.7. The monoisotopic (exact) mass is 520 g/mol. The van der Waals surface area contributed by atoms with E-state index in [2.05, 4.69) is 10.6 Å². The van der Waals surface area contributed by atoms with Crippen molar-refractivity contribution in [1.82, 2.24) is 0 Å². The fraction of sp³-hybridized carbons (Fsp3) is 0. The normalized spacial score (nSPS) is 11.4. The second kappa shape index (κ2) is 10.1. The molecule has 0 radical (unpaired) electrons. The molecule has 0 aliphatic heterocycles. The third kappa shape index (κ3) is 5.19. The standard InChI is InChI=1S/C26H20N2O6S2/c29-25(19-7-3-1-4-8-19)27-21-11-15-23(16-12-21)35(31,32)36(33,34)24-17-13-22(14-18-24)28-26(30)20-9-5-2-6-10-20/h1-18H,(H,27,29)(H,28,30). The summed E-state index contributed by atoms with van der Waals surface area (Å²) >= 11 is 0. The maximum atomic E-state index is 12.9. The maximum Gasteiger partial charge on any atom is 0.286 e. The summed E-state index contributed by atoms with van der Waals surface area (Å²) in [5.74, 6) is -0.781. The number of nitrogens with one attached hydrogen (secondary N) is 2. The van der Waals surface area contributed by atoms with E-state index in [-0.39, 0.29) is 0 Å². The van der Waals surface area contributed by atoms with Gasteiger partial charge in [-0.3, -0.25) is 9.59 Å². The van der Waals surface area contributed by atoms with Gasteiger partial charge in [0.25, 0.3) is 29.6 Å². The molecule has 10 heteroatoms. The Kier molecular flexibility index (Phi) is 7.00. The van der Waals surface area contributed by atoms with Crippen LogP contribution in [0.15, 0.2) is 119 Å². The van der Waals surface area contributed by atoms with Gasteiger partial charge < -0.3 is 10.6 Å². The van der Waals surface area contributed by atoms with Gasteiger partial charge in [-0.2, -0.15) is 0 Å². The van der Waals surface area contributed by atoms with Crippen LogP contribution >= 0.6 is 0 Å². The second-order valence-corrected chi connectivity index (χ2v) is 13.0. The van der Waals surface area contributed by atoms with Crippen LogP contribution in [-0.4, -0.2) is 28.6 Å². The maximum absolute atomic E-state index is 12.9. The molecule has 2 N–H and O–H groups in total. The van der Waals surface area contributed by atoms with Gasteiger partial charge in [-0.25, -0.2) is 16.8 Å². The first-order chi connectivity index (χ1) is 17.2. The van der Waals surface area contributed by atoms with Gasteiger partial charge in [0.05, 0.1) is 9.79 Å². The zero-order valence-corrected chi connectivity index (χ0v) is 20.3. The molecule has 4 aromatic carbocycles. The lowest BCUT2D eigenvalue weighted by Gasteiger charge is -2.10. The Morgan fingerprint density at radius 3 is 1.06 bits per heavy atom. The highest BCUT2D eigenvalue weighted by atomic mass is 33.2. The van der Waals surface area contributed by atoms with Crippen molar-refractivity contribution in [2.45, 2.75) is 9.79 Å². The summed E-state index contributed by atoms with van der Waals surface area (Å²) in [6, 6.07) is 26.6. The van der Waals surface area contributed by atoms with Crippen LogP contribution in [-0.2, 0) is 17.7 Å². The van der Waals surface area contributed by atoms with E-state index < -0.39 is 39.3 Å². The molecule has 0 aliphatic carbocycles. The lowest BCUT2D eigenvalue weighted by molar-refractivity contribution is 0.101. The summed E-state index contributed by atoms with van der Waals surface area (Å²) in [6.07, 6.45) is 0. The van der Waals surface area contributed by atoms with Crippen molar-refractivity contribution in [3.63, 3.8) is 0 Å². The van der Waals surface area contributed by atoms with Crippen LogP contribution in [0.2, 0.25) is 0 Å². The molecule has 2 amide bonds. The first-order valence-corrected chi connectivity index (χ1v) is 14.1. The topological polar surface area (TPSA) is 126 Å². The third-order valence-electron chi connectivity index (χ3n) is 5.16. The molecule has 0 heterocycles. The van der Waals surface area contributed by atoms with E-state index in [1.807, 2.05) is 0 Å². The van der Waals surface area contributed by atoms with Gasteiger partial charge >= 0.3 is 0 Å². The number of benzene rings is 4. The summed E-state index contributed by atoms with van der Waals surface area (Å²) < 4.78 is 51.6. The van der Waals surface area contributed by atoms with Crippen molar-refractivity contribution in [2.75, 3.05) is 10.6 Å². The van der Waals surface area contributed by atoms with Crippen molar-refractivity contribution in [3.8, 4) is 0 Å². The smallest absolute Gasteiger partial charge is 0.286 e. The Morgan fingerprint density at radius 1 is 0.444 bits per heavy atom. The molecular formula is C26H20N2O6S2. The van der Waals surface area contributed by atoms with E-state index in [4.69, 9.17) is 0 Å². The molecule has 4 aromatic rings. The quantitative estimate of drug-likeness (QED) is 0.349. The molecule has 0 saturated carbocycles. The van der Waals surface area contributed by atoms with Crippen LogP contribution in [0.5, 0.6) is 0 Å². The molecule has 36 heavy (non-hydrogen) atoms. The highest BCUT2D eigenvalue weighted by molar-refractivity contribution is 8.67. The summed E-state index contributed by atoms with van der Waals surface area (Å²) in [5, 5.41) is 5.25. The first-order valence-electron chi connectivity index (χ1n) is 10.6. The van der Waals surface area contributed by atoms with Gasteiger partial charge in [0, 0.05) is 22.5 Å². The minimum Gasteiger partial charge on any atom is -0.322 e. The molecule has 8 nitrogen and oxygen atoms in total. The molecule has 182 valence electrons. The SMILES string of the molecule is O=C(Nc1ccc(S(=O)(=O)S(=O)(=O)c2ccc(NC(=O)c3ccccc3)cc2)cc1)c1ccccc1. The molecule has 0 bridgehead atoms. The van der Waals surface area contributed by atoms with E-state index in [1.165, 1.54) is 24.3 Å². The van der Waals surface area contributed by atoms with E-state index in [0.29, 0.717) is 22.5 Å². The summed E-state index contributed by atoms with van der Waals surface area (Å²) in [5.41, 5.74) is 1.44. The summed E-state index contributed by atoms with van der Waals surface area (Å²) in [4.78, 5) is 23.6. The lowest BCUT2D eigenvalue weighted by atomic mass is 10.2. The molecule has 0 fully saturated rings. The molecule has 0 saturated heterocycles. The molecule has 0 atom stereocenters. The van der Waals surface area contributed by atoms with Crippen LogP contribution in [0.3, 0.4) is 0 Å². The number of hydrogen-bond acceptors (Lipinski definition) is 6. The Balaban J connectivity index is 1.49. The third-order valence-corrected chi connectivity index (χ3v) is 10.3. The van der Waals surface area contributed by atoms with Crippen LogP contribution in [0.25, 0.3) is 0 Å². The Morgan fingerprint density at radius 2 is 0.750 bits per heavy atom. The van der Waals surface area contributed by atoms with E-state index in [1.54, 1.807) is 60.7 Å². The predicted molar refractivity (Wildman–Crippen MR) is 136 cm³/mol. The molecule has 0 aromatic heterocycles. The summed E-state index contributed by atoms with van der Waals surface area (Å²) in [6.45, 7) is 0. The van der Waals surface area contributed by atoms with Crippen LogP contribution in [0.1, 0.15) is 20.7 Å². The van der Waals surface area contributed by atoms with Gasteiger partial charge in [0.2, 0.25) is 0 Å². The van der Waals surface area contributed by atoms with E-state index >= 15 is 0 Å². The first kappa shape index (κ1) is 24.8. The highest BCUT2D eigenvalue weighted by Crippen LogP contribution is 2.27. The highest BCUT2D eigenvalue weighted by Gasteiger charge is 2.33. The Bertz CT molecular complexity index is 1480. The van der Waals surface area contributed by atoms with Crippen LogP contribution in [0, 0.1) is 0 Å². The number of anilines is 2. The molecule has 0 spiro atoms. The van der Waals surface area contributed by atoms with Crippen molar-refractivity contribution in [1.29, 1.82) is 0 Å². The van der Waals surface area contributed by atoms with Crippen LogP contribution in [0.4, 0.5) is 11.4 Å². The van der Waals surface area contributed by atoms with Gasteiger partial charge in [-0.1, -0.05) is 36.4 Å². The predicted octanol–water partition coefficient (Wildman–Crippen LogP) is 4.35. The van der Waals surface area contributed by atoms with Gasteiger partial charge in [-0.05, 0) is 72.8 Å². The average Bonchev–Trinajstić information content (AvgIpc) is 2.90. The van der Waals surface area contributed by atoms with E-state index in [0.717, 1.165) is 24.3 Å². The number of carbonyl (C=O) groups excluding carboxylic acids is 2. The van der Waals surface area contributed by atoms with Gasteiger partial charge in [0.15, 0.2) is 0 Å². The minimum absolute atomic E-state index is 0.304. The van der Waals surface area contributed by atoms with E-state index in [9.17, 15) is 26.4 Å². The minimum atomic E-state index is -4.80. The lowest BCUT2D eigenvalue weighted by Crippen LogP contribution is -2.17. The number of hydrogen-bond donors (Lipinski definition) is 2. The second-order valence-electron chi connectivity index (χ2n) is 7.60. The number of carbonyl (C=O) groups is 2. The van der Waals surface area contributed by atoms with Crippen molar-refractivity contribution in [2.24, 2.45) is 0 Å². The van der Waals surface area contributed by atoms with Crippen molar-refractivity contribution >= 4 is 40.9 Å². The van der Waals surface area contributed by atoms with Crippen molar-refractivity contribution < 1.29 is 26.4 Å². The summed E-state index contributed by atoms with van der Waals surface area (Å²) in [7, 11) is -9.59. The fourth-order valence-corrected chi connectivity index (χ4v) is 6.88. The molecule has 0 unspecified atom stereocenters. The average molecular weight is 521 g/mol. The number of amides is 2. The fourth-order valence-electron chi connectivity index (χ4n) is 3.25. The molecule has 4 rings (SSSR count). The molecular weight excluding hydrogens is 500 g/mol.